The first-order chi connectivity index (χ1) is 24.3. The molecule has 2 heterocycles. The van der Waals surface area contributed by atoms with Crippen molar-refractivity contribution >= 4 is 71.7 Å². The van der Waals surface area contributed by atoms with Gasteiger partial charge in [0.15, 0.2) is 0 Å². The van der Waals surface area contributed by atoms with Crippen LogP contribution in [-0.2, 0) is 0 Å². The Morgan fingerprint density at radius 3 is 1.84 bits per heavy atom. The van der Waals surface area contributed by atoms with Crippen molar-refractivity contribution < 1.29 is 8.83 Å². The number of nitrogens with zero attached hydrogens (tertiary/aromatic N) is 1. The molecule has 49 heavy (non-hydrogen) atoms. The number of benzene rings is 8. The van der Waals surface area contributed by atoms with Gasteiger partial charge in [0, 0.05) is 27.5 Å². The van der Waals surface area contributed by atoms with E-state index < -0.39 is 0 Å². The van der Waals surface area contributed by atoms with Gasteiger partial charge in [0.1, 0.15) is 22.3 Å². The van der Waals surface area contributed by atoms with Gasteiger partial charge < -0.3 is 13.7 Å². The zero-order valence-electron chi connectivity index (χ0n) is 26.5. The van der Waals surface area contributed by atoms with Crippen LogP contribution in [0.3, 0.4) is 0 Å². The number of para-hydroxylation sites is 1. The maximum Gasteiger partial charge on any atom is 0.137 e. The Morgan fingerprint density at radius 2 is 0.939 bits per heavy atom. The van der Waals surface area contributed by atoms with Crippen LogP contribution in [0, 0.1) is 0 Å². The molecule has 230 valence electrons. The molecule has 0 saturated heterocycles. The van der Waals surface area contributed by atoms with Crippen LogP contribution in [0.5, 0.6) is 0 Å². The molecule has 10 aromatic rings. The Hall–Kier alpha value is -6.58. The van der Waals surface area contributed by atoms with E-state index in [1.54, 1.807) is 0 Å². The van der Waals surface area contributed by atoms with Crippen molar-refractivity contribution in [2.24, 2.45) is 0 Å². The van der Waals surface area contributed by atoms with E-state index in [0.29, 0.717) is 0 Å². The standard InChI is InChI=1S/C46H29NO2/c1-2-9-30(10-3-1)35-21-25-44-40(28-35)46-41(14-8-16-45(46)49-44)47(37-24-26-43-39(29-37)38-13-6-7-15-42(38)48-43)36-22-19-32(20-23-36)34-18-17-31-11-4-5-12-33(31)27-34/h1-29H. The third-order valence-corrected chi connectivity index (χ3v) is 9.65. The summed E-state index contributed by atoms with van der Waals surface area (Å²) in [6.45, 7) is 0. The lowest BCUT2D eigenvalue weighted by molar-refractivity contribution is 0.668. The van der Waals surface area contributed by atoms with Gasteiger partial charge in [-0.2, -0.15) is 0 Å². The second-order valence-corrected chi connectivity index (χ2v) is 12.6. The van der Waals surface area contributed by atoms with E-state index in [0.717, 1.165) is 66.5 Å². The number of anilines is 3. The van der Waals surface area contributed by atoms with Gasteiger partial charge in [0.2, 0.25) is 0 Å². The Kier molecular flexibility index (Phi) is 6.18. The highest BCUT2D eigenvalue weighted by Gasteiger charge is 2.21. The summed E-state index contributed by atoms with van der Waals surface area (Å²) < 4.78 is 12.7. The molecule has 0 aliphatic carbocycles. The zero-order chi connectivity index (χ0) is 32.3. The predicted octanol–water partition coefficient (Wildman–Crippen LogP) is 13.4. The Bertz CT molecular complexity index is 2830. The van der Waals surface area contributed by atoms with Gasteiger partial charge in [-0.3, -0.25) is 0 Å². The van der Waals surface area contributed by atoms with Gasteiger partial charge in [-0.1, -0.05) is 109 Å². The minimum Gasteiger partial charge on any atom is -0.456 e. The Balaban J connectivity index is 1.18. The zero-order valence-corrected chi connectivity index (χ0v) is 26.5. The number of hydrogen-bond donors (Lipinski definition) is 0. The van der Waals surface area contributed by atoms with Crippen LogP contribution in [0.15, 0.2) is 185 Å². The molecule has 0 N–H and O–H groups in total. The number of rotatable bonds is 5. The van der Waals surface area contributed by atoms with Crippen molar-refractivity contribution in [1.29, 1.82) is 0 Å². The molecule has 8 aromatic carbocycles. The summed E-state index contributed by atoms with van der Waals surface area (Å²) in [6, 6.07) is 62.1. The fourth-order valence-electron chi connectivity index (χ4n) is 7.26. The monoisotopic (exact) mass is 627 g/mol. The minimum atomic E-state index is 0.852. The molecule has 0 fully saturated rings. The summed E-state index contributed by atoms with van der Waals surface area (Å²) >= 11 is 0. The number of hydrogen-bond acceptors (Lipinski definition) is 3. The van der Waals surface area contributed by atoms with Crippen molar-refractivity contribution in [2.75, 3.05) is 4.90 Å². The van der Waals surface area contributed by atoms with Gasteiger partial charge in [0.05, 0.1) is 11.1 Å². The third kappa shape index (κ3) is 4.59. The van der Waals surface area contributed by atoms with Crippen molar-refractivity contribution in [2.45, 2.75) is 0 Å². The predicted molar refractivity (Wildman–Crippen MR) is 204 cm³/mol. The second-order valence-electron chi connectivity index (χ2n) is 12.6. The lowest BCUT2D eigenvalue weighted by Crippen LogP contribution is -2.10. The first kappa shape index (κ1) is 27.5. The van der Waals surface area contributed by atoms with E-state index in [1.807, 2.05) is 12.1 Å². The maximum absolute atomic E-state index is 6.49. The van der Waals surface area contributed by atoms with E-state index >= 15 is 0 Å². The quantitative estimate of drug-likeness (QED) is 0.190. The number of fused-ring (bicyclic) bond motifs is 7. The summed E-state index contributed by atoms with van der Waals surface area (Å²) in [5, 5.41) is 6.82. The summed E-state index contributed by atoms with van der Waals surface area (Å²) in [5.74, 6) is 0. The van der Waals surface area contributed by atoms with Gasteiger partial charge in [0.25, 0.3) is 0 Å². The average molecular weight is 628 g/mol. The van der Waals surface area contributed by atoms with Crippen LogP contribution in [0.2, 0.25) is 0 Å². The summed E-state index contributed by atoms with van der Waals surface area (Å²) in [5.41, 5.74) is 11.3. The van der Waals surface area contributed by atoms with Crippen molar-refractivity contribution in [3.05, 3.63) is 176 Å². The fourth-order valence-corrected chi connectivity index (χ4v) is 7.26. The van der Waals surface area contributed by atoms with E-state index in [9.17, 15) is 0 Å². The second kappa shape index (κ2) is 11.0. The summed E-state index contributed by atoms with van der Waals surface area (Å²) in [6.07, 6.45) is 0. The normalized spacial score (nSPS) is 11.7. The van der Waals surface area contributed by atoms with Crippen LogP contribution in [0.4, 0.5) is 17.1 Å². The van der Waals surface area contributed by atoms with Crippen LogP contribution in [-0.4, -0.2) is 0 Å². The topological polar surface area (TPSA) is 29.5 Å². The SMILES string of the molecule is c1ccc(-c2ccc3oc4cccc(N(c5ccc(-c6ccc7ccccc7c6)cc5)c5ccc6oc7ccccc7c6c5)c4c3c2)cc1. The van der Waals surface area contributed by atoms with E-state index in [1.165, 1.54) is 27.5 Å². The first-order valence-electron chi connectivity index (χ1n) is 16.6. The molecule has 0 aliphatic rings. The molecule has 0 spiro atoms. The van der Waals surface area contributed by atoms with Gasteiger partial charge in [-0.05, 0) is 99.8 Å². The molecule has 0 amide bonds. The minimum absolute atomic E-state index is 0.852. The smallest absolute Gasteiger partial charge is 0.137 e. The molecule has 0 bridgehead atoms. The highest BCUT2D eigenvalue weighted by molar-refractivity contribution is 6.15. The van der Waals surface area contributed by atoms with Crippen LogP contribution < -0.4 is 4.90 Å². The maximum atomic E-state index is 6.49. The fraction of sp³-hybridized carbons (Fsp3) is 0. The first-order valence-corrected chi connectivity index (χ1v) is 16.6. The highest BCUT2D eigenvalue weighted by atomic mass is 16.3. The third-order valence-electron chi connectivity index (χ3n) is 9.65. The Morgan fingerprint density at radius 1 is 0.327 bits per heavy atom. The van der Waals surface area contributed by atoms with Crippen LogP contribution >= 0.6 is 0 Å². The largest absolute Gasteiger partial charge is 0.456 e. The molecule has 0 aliphatic heterocycles. The number of furan rings is 2. The summed E-state index contributed by atoms with van der Waals surface area (Å²) in [4.78, 5) is 2.35. The molecular weight excluding hydrogens is 599 g/mol. The molecule has 3 heteroatoms. The molecule has 10 rings (SSSR count). The Labute approximate surface area is 282 Å². The summed E-state index contributed by atoms with van der Waals surface area (Å²) in [7, 11) is 0. The highest BCUT2D eigenvalue weighted by Crippen LogP contribution is 2.45. The van der Waals surface area contributed by atoms with E-state index in [-0.39, 0.29) is 0 Å². The van der Waals surface area contributed by atoms with E-state index in [4.69, 9.17) is 8.83 Å². The molecule has 3 nitrogen and oxygen atoms in total. The van der Waals surface area contributed by atoms with Crippen molar-refractivity contribution in [3.63, 3.8) is 0 Å². The lowest BCUT2D eigenvalue weighted by atomic mass is 10.00. The molecule has 0 saturated carbocycles. The van der Waals surface area contributed by atoms with Crippen LogP contribution in [0.1, 0.15) is 0 Å². The van der Waals surface area contributed by atoms with Gasteiger partial charge >= 0.3 is 0 Å². The molecule has 2 aromatic heterocycles. The van der Waals surface area contributed by atoms with Gasteiger partial charge in [-0.15, -0.1) is 0 Å². The van der Waals surface area contributed by atoms with Crippen molar-refractivity contribution in [3.8, 4) is 22.3 Å². The van der Waals surface area contributed by atoms with Gasteiger partial charge in [-0.25, -0.2) is 0 Å². The van der Waals surface area contributed by atoms with E-state index in [2.05, 4.69) is 169 Å². The molecule has 0 unspecified atom stereocenters. The molecule has 0 radical (unpaired) electrons. The van der Waals surface area contributed by atoms with Crippen molar-refractivity contribution in [1.82, 2.24) is 0 Å². The molecular formula is C46H29NO2. The average Bonchev–Trinajstić information content (AvgIpc) is 3.73. The van der Waals surface area contributed by atoms with Crippen LogP contribution in [0.25, 0.3) is 76.9 Å². The lowest BCUT2D eigenvalue weighted by Gasteiger charge is -2.26. The molecule has 0 atom stereocenters.